The lowest BCUT2D eigenvalue weighted by atomic mass is 10.2. The van der Waals surface area contributed by atoms with Gasteiger partial charge in [-0.3, -0.25) is 4.79 Å². The maximum atomic E-state index is 10.8. The van der Waals surface area contributed by atoms with E-state index in [1.807, 2.05) is 27.1 Å². The predicted molar refractivity (Wildman–Crippen MR) is 66.5 cm³/mol. The zero-order valence-electron chi connectivity index (χ0n) is 10.8. The van der Waals surface area contributed by atoms with E-state index in [0.29, 0.717) is 12.4 Å². The van der Waals surface area contributed by atoms with E-state index in [-0.39, 0.29) is 5.97 Å². The van der Waals surface area contributed by atoms with Gasteiger partial charge >= 0.3 is 5.97 Å². The maximum absolute atomic E-state index is 10.8. The van der Waals surface area contributed by atoms with E-state index < -0.39 is 0 Å². The number of carbonyl (C=O) groups is 1. The summed E-state index contributed by atoms with van der Waals surface area (Å²) >= 11 is 0. The molecule has 0 atom stereocenters. The van der Waals surface area contributed by atoms with Crippen LogP contribution >= 0.6 is 0 Å². The summed E-state index contributed by atoms with van der Waals surface area (Å²) in [5.74, 6) is 1.06. The summed E-state index contributed by atoms with van der Waals surface area (Å²) in [6.07, 6.45) is 0. The number of aryl methyl sites for hydroxylation is 1. The molecule has 0 saturated carbocycles. The van der Waals surface area contributed by atoms with Gasteiger partial charge in [0.05, 0.1) is 0 Å². The Morgan fingerprint density at radius 1 is 1.35 bits per heavy atom. The molecule has 1 rings (SSSR count). The molecule has 0 unspecified atom stereocenters. The van der Waals surface area contributed by atoms with Crippen molar-refractivity contribution in [1.29, 1.82) is 0 Å². The van der Waals surface area contributed by atoms with Gasteiger partial charge in [0.1, 0.15) is 18.1 Å². The van der Waals surface area contributed by atoms with Crippen LogP contribution in [0.15, 0.2) is 18.2 Å². The first-order valence-corrected chi connectivity index (χ1v) is 5.55. The van der Waals surface area contributed by atoms with Crippen molar-refractivity contribution in [2.24, 2.45) is 0 Å². The Morgan fingerprint density at radius 2 is 2.06 bits per heavy atom. The molecule has 0 saturated heterocycles. The van der Waals surface area contributed by atoms with Crippen molar-refractivity contribution in [2.75, 3.05) is 27.2 Å². The zero-order valence-corrected chi connectivity index (χ0v) is 10.8. The molecule has 0 heterocycles. The highest BCUT2D eigenvalue weighted by atomic mass is 16.5. The third-order valence-electron chi connectivity index (χ3n) is 2.21. The minimum Gasteiger partial charge on any atom is -0.492 e. The van der Waals surface area contributed by atoms with E-state index in [4.69, 9.17) is 9.47 Å². The number of carbonyl (C=O) groups excluding carboxylic acids is 1. The fourth-order valence-electron chi connectivity index (χ4n) is 1.33. The Balaban J connectivity index is 2.59. The van der Waals surface area contributed by atoms with Crippen LogP contribution in [0.1, 0.15) is 12.5 Å². The summed E-state index contributed by atoms with van der Waals surface area (Å²) in [6, 6.07) is 5.43. The lowest BCUT2D eigenvalue weighted by Gasteiger charge is -2.12. The number of rotatable bonds is 5. The quantitative estimate of drug-likeness (QED) is 0.579. The second-order valence-corrected chi connectivity index (χ2v) is 4.17. The minimum atomic E-state index is -0.311. The van der Waals surface area contributed by atoms with Gasteiger partial charge in [-0.05, 0) is 44.8 Å². The fraction of sp³-hybridized carbons (Fsp3) is 0.462. The molecule has 0 aliphatic carbocycles. The molecule has 4 nitrogen and oxygen atoms in total. The fourth-order valence-corrected chi connectivity index (χ4v) is 1.33. The number of hydrogen-bond donors (Lipinski definition) is 0. The molecule has 94 valence electrons. The van der Waals surface area contributed by atoms with Gasteiger partial charge in [0.15, 0.2) is 0 Å². The first-order valence-electron chi connectivity index (χ1n) is 5.55. The number of nitrogens with zero attached hydrogens (tertiary/aromatic N) is 1. The summed E-state index contributed by atoms with van der Waals surface area (Å²) in [4.78, 5) is 12.9. The molecule has 0 spiro atoms. The minimum absolute atomic E-state index is 0.311. The van der Waals surface area contributed by atoms with Gasteiger partial charge in [0.2, 0.25) is 0 Å². The molecule has 0 fully saturated rings. The van der Waals surface area contributed by atoms with E-state index in [2.05, 4.69) is 4.90 Å². The third-order valence-corrected chi connectivity index (χ3v) is 2.21. The lowest BCUT2D eigenvalue weighted by molar-refractivity contribution is -0.131. The zero-order chi connectivity index (χ0) is 12.8. The van der Waals surface area contributed by atoms with Gasteiger partial charge in [-0.25, -0.2) is 0 Å². The SMILES string of the molecule is CC(=O)Oc1ccc(OCCN(C)C)cc1C. The Hall–Kier alpha value is -1.55. The molecule has 0 amide bonds. The second-order valence-electron chi connectivity index (χ2n) is 4.17. The molecule has 0 aliphatic heterocycles. The van der Waals surface area contributed by atoms with Crippen molar-refractivity contribution in [3.63, 3.8) is 0 Å². The lowest BCUT2D eigenvalue weighted by Crippen LogP contribution is -2.19. The molecule has 0 aromatic heterocycles. The van der Waals surface area contributed by atoms with Gasteiger partial charge in [0.25, 0.3) is 0 Å². The van der Waals surface area contributed by atoms with Crippen LogP contribution in [-0.4, -0.2) is 38.1 Å². The summed E-state index contributed by atoms with van der Waals surface area (Å²) in [5, 5.41) is 0. The molecule has 4 heteroatoms. The number of hydrogen-bond acceptors (Lipinski definition) is 4. The van der Waals surface area contributed by atoms with E-state index in [1.54, 1.807) is 12.1 Å². The van der Waals surface area contributed by atoms with E-state index in [9.17, 15) is 4.79 Å². The second kappa shape index (κ2) is 6.25. The average Bonchev–Trinajstić information content (AvgIpc) is 2.21. The normalized spacial score (nSPS) is 10.4. The van der Waals surface area contributed by atoms with Crippen LogP contribution in [0.25, 0.3) is 0 Å². The first kappa shape index (κ1) is 13.5. The predicted octanol–water partition coefficient (Wildman–Crippen LogP) is 1.86. The molecular weight excluding hydrogens is 218 g/mol. The molecule has 0 N–H and O–H groups in total. The highest BCUT2D eigenvalue weighted by molar-refractivity contribution is 5.69. The van der Waals surface area contributed by atoms with Gasteiger partial charge in [-0.2, -0.15) is 0 Å². The number of esters is 1. The van der Waals surface area contributed by atoms with Gasteiger partial charge in [-0.15, -0.1) is 0 Å². The largest absolute Gasteiger partial charge is 0.492 e. The van der Waals surface area contributed by atoms with E-state index >= 15 is 0 Å². The molecular formula is C13H19NO3. The maximum Gasteiger partial charge on any atom is 0.308 e. The summed E-state index contributed by atoms with van der Waals surface area (Å²) < 4.78 is 10.6. The van der Waals surface area contributed by atoms with Crippen LogP contribution < -0.4 is 9.47 Å². The van der Waals surface area contributed by atoms with Crippen molar-refractivity contribution >= 4 is 5.97 Å². The Bertz CT molecular complexity index is 388. The number of ether oxygens (including phenoxy) is 2. The van der Waals surface area contributed by atoms with Crippen LogP contribution in [-0.2, 0) is 4.79 Å². The van der Waals surface area contributed by atoms with Crippen LogP contribution in [0.4, 0.5) is 0 Å². The molecule has 0 aliphatic rings. The molecule has 17 heavy (non-hydrogen) atoms. The highest BCUT2D eigenvalue weighted by Gasteiger charge is 2.04. The summed E-state index contributed by atoms with van der Waals surface area (Å²) in [6.45, 7) is 4.78. The molecule has 1 aromatic carbocycles. The Kier molecular flexibility index (Phi) is 4.97. The third kappa shape index (κ3) is 4.87. The number of likely N-dealkylation sites (N-methyl/N-ethyl adjacent to an activating group) is 1. The molecule has 0 bridgehead atoms. The Labute approximate surface area is 102 Å². The van der Waals surface area contributed by atoms with Gasteiger partial charge in [0, 0.05) is 13.5 Å². The highest BCUT2D eigenvalue weighted by Crippen LogP contribution is 2.23. The standard InChI is InChI=1S/C13H19NO3/c1-10-9-12(16-8-7-14(3)4)5-6-13(10)17-11(2)15/h5-6,9H,7-8H2,1-4H3. The Morgan fingerprint density at radius 3 is 2.59 bits per heavy atom. The molecule has 0 radical (unpaired) electrons. The van der Waals surface area contributed by atoms with Crippen molar-refractivity contribution in [3.05, 3.63) is 23.8 Å². The van der Waals surface area contributed by atoms with E-state index in [0.717, 1.165) is 17.9 Å². The molecule has 1 aromatic rings. The van der Waals surface area contributed by atoms with Crippen LogP contribution in [0.2, 0.25) is 0 Å². The smallest absolute Gasteiger partial charge is 0.308 e. The van der Waals surface area contributed by atoms with Crippen molar-refractivity contribution in [3.8, 4) is 11.5 Å². The van der Waals surface area contributed by atoms with Crippen LogP contribution in [0.3, 0.4) is 0 Å². The van der Waals surface area contributed by atoms with Crippen LogP contribution in [0, 0.1) is 6.92 Å². The van der Waals surface area contributed by atoms with E-state index in [1.165, 1.54) is 6.92 Å². The summed E-state index contributed by atoms with van der Waals surface area (Å²) in [5.41, 5.74) is 0.891. The summed E-state index contributed by atoms with van der Waals surface area (Å²) in [7, 11) is 4.00. The first-order chi connectivity index (χ1) is 7.99. The van der Waals surface area contributed by atoms with Crippen molar-refractivity contribution in [1.82, 2.24) is 4.90 Å². The van der Waals surface area contributed by atoms with Gasteiger partial charge < -0.3 is 14.4 Å². The van der Waals surface area contributed by atoms with Crippen LogP contribution in [0.5, 0.6) is 11.5 Å². The number of benzene rings is 1. The average molecular weight is 237 g/mol. The topological polar surface area (TPSA) is 38.8 Å². The van der Waals surface area contributed by atoms with Gasteiger partial charge in [-0.1, -0.05) is 0 Å². The monoisotopic (exact) mass is 237 g/mol. The van der Waals surface area contributed by atoms with Crippen molar-refractivity contribution in [2.45, 2.75) is 13.8 Å². The van der Waals surface area contributed by atoms with Crippen molar-refractivity contribution < 1.29 is 14.3 Å².